The van der Waals surface area contributed by atoms with Gasteiger partial charge in [0, 0.05) is 44.2 Å². The summed E-state index contributed by atoms with van der Waals surface area (Å²) in [7, 11) is 0. The van der Waals surface area contributed by atoms with E-state index in [2.05, 4.69) is 22.1 Å². The molecule has 2 N–H and O–H groups in total. The zero-order valence-electron chi connectivity index (χ0n) is 11.6. The van der Waals surface area contributed by atoms with E-state index in [1.165, 1.54) is 0 Å². The molecule has 1 saturated heterocycles. The van der Waals surface area contributed by atoms with Gasteiger partial charge < -0.3 is 15.3 Å². The number of aliphatic hydroxyl groups excluding tert-OH is 1. The quantitative estimate of drug-likeness (QED) is 0.737. The molecular formula is C15H17N3O3. The highest BCUT2D eigenvalue weighted by molar-refractivity contribution is 5.93. The van der Waals surface area contributed by atoms with E-state index < -0.39 is 0 Å². The number of hydrogen-bond donors (Lipinski definition) is 2. The summed E-state index contributed by atoms with van der Waals surface area (Å²) >= 11 is 0. The summed E-state index contributed by atoms with van der Waals surface area (Å²) < 4.78 is 0. The van der Waals surface area contributed by atoms with Gasteiger partial charge in [0.1, 0.15) is 5.69 Å². The van der Waals surface area contributed by atoms with Gasteiger partial charge in [-0.25, -0.2) is 4.98 Å². The first-order valence-corrected chi connectivity index (χ1v) is 6.82. The van der Waals surface area contributed by atoms with Gasteiger partial charge in [-0.2, -0.15) is 0 Å². The molecule has 0 unspecified atom stereocenters. The van der Waals surface area contributed by atoms with Crippen molar-refractivity contribution in [2.24, 2.45) is 0 Å². The number of nitrogens with zero attached hydrogens (tertiary/aromatic N) is 2. The molecule has 1 fully saturated rings. The van der Waals surface area contributed by atoms with Crippen LogP contribution in [0.2, 0.25) is 0 Å². The molecule has 0 saturated carbocycles. The Hall–Kier alpha value is -2.39. The molecule has 21 heavy (non-hydrogen) atoms. The third-order valence-electron chi connectivity index (χ3n) is 3.05. The molecule has 0 atom stereocenters. The zero-order valence-corrected chi connectivity index (χ0v) is 11.6. The second-order valence-corrected chi connectivity index (χ2v) is 4.60. The largest absolute Gasteiger partial charge is 0.395 e. The lowest BCUT2D eigenvalue weighted by molar-refractivity contribution is -0.120. The molecule has 2 amide bonds. The van der Waals surface area contributed by atoms with Gasteiger partial charge in [0.2, 0.25) is 5.91 Å². The summed E-state index contributed by atoms with van der Waals surface area (Å²) in [6.45, 7) is 1.39. The Kier molecular flexibility index (Phi) is 5.29. The van der Waals surface area contributed by atoms with Gasteiger partial charge in [-0.15, -0.1) is 0 Å². The van der Waals surface area contributed by atoms with Gasteiger partial charge in [0.05, 0.1) is 6.61 Å². The van der Waals surface area contributed by atoms with E-state index in [-0.39, 0.29) is 18.4 Å². The fraction of sp³-hybridized carbons (Fsp3) is 0.400. The SMILES string of the molecule is O=C1CCN(C(=O)c2ccc(C#CCCO)cn2)CCN1. The van der Waals surface area contributed by atoms with E-state index in [9.17, 15) is 9.59 Å². The Morgan fingerprint density at radius 3 is 3.00 bits per heavy atom. The number of carbonyl (C=O) groups is 2. The third-order valence-corrected chi connectivity index (χ3v) is 3.05. The first kappa shape index (κ1) is 15.0. The number of amides is 2. The summed E-state index contributed by atoms with van der Waals surface area (Å²) in [5.41, 5.74) is 1.05. The molecule has 0 spiro atoms. The number of pyridine rings is 1. The highest BCUT2D eigenvalue weighted by Gasteiger charge is 2.20. The van der Waals surface area contributed by atoms with Crippen molar-refractivity contribution in [3.8, 4) is 11.8 Å². The minimum Gasteiger partial charge on any atom is -0.395 e. The molecule has 0 bridgehead atoms. The molecule has 6 heteroatoms. The second kappa shape index (κ2) is 7.41. The standard InChI is InChI=1S/C15H17N3O3/c19-10-2-1-3-12-4-5-13(17-11-12)15(21)18-8-6-14(20)16-7-9-18/h4-5,11,19H,2,6-10H2,(H,16,20). The van der Waals surface area contributed by atoms with Crippen LogP contribution in [-0.4, -0.2) is 53.0 Å². The molecule has 2 heterocycles. The molecule has 1 aliphatic rings. The van der Waals surface area contributed by atoms with Crippen LogP contribution in [-0.2, 0) is 4.79 Å². The van der Waals surface area contributed by atoms with E-state index in [4.69, 9.17) is 5.11 Å². The zero-order chi connectivity index (χ0) is 15.1. The third kappa shape index (κ3) is 4.29. The fourth-order valence-electron chi connectivity index (χ4n) is 1.95. The molecule has 1 aromatic rings. The lowest BCUT2D eigenvalue weighted by Gasteiger charge is -2.18. The maximum Gasteiger partial charge on any atom is 0.272 e. The van der Waals surface area contributed by atoms with Gasteiger partial charge in [-0.05, 0) is 12.1 Å². The average Bonchev–Trinajstić information content (AvgIpc) is 2.72. The Morgan fingerprint density at radius 1 is 1.43 bits per heavy atom. The lowest BCUT2D eigenvalue weighted by Crippen LogP contribution is -2.34. The summed E-state index contributed by atoms with van der Waals surface area (Å²) in [4.78, 5) is 29.3. The van der Waals surface area contributed by atoms with E-state index in [0.29, 0.717) is 43.7 Å². The summed E-state index contributed by atoms with van der Waals surface area (Å²) in [6.07, 6.45) is 2.27. The fourth-order valence-corrected chi connectivity index (χ4v) is 1.95. The summed E-state index contributed by atoms with van der Waals surface area (Å²) in [5.74, 6) is 5.44. The average molecular weight is 287 g/mol. The maximum atomic E-state index is 12.3. The van der Waals surface area contributed by atoms with Crippen molar-refractivity contribution >= 4 is 11.8 Å². The highest BCUT2D eigenvalue weighted by Crippen LogP contribution is 2.06. The molecule has 2 rings (SSSR count). The van der Waals surface area contributed by atoms with Gasteiger partial charge in [0.15, 0.2) is 0 Å². The van der Waals surface area contributed by atoms with Crippen molar-refractivity contribution in [2.45, 2.75) is 12.8 Å². The normalized spacial score (nSPS) is 14.7. The summed E-state index contributed by atoms with van der Waals surface area (Å²) in [6, 6.07) is 3.36. The van der Waals surface area contributed by atoms with E-state index in [0.717, 1.165) is 0 Å². The topological polar surface area (TPSA) is 82.5 Å². The van der Waals surface area contributed by atoms with Crippen LogP contribution in [0, 0.1) is 11.8 Å². The predicted octanol–water partition coefficient (Wildman–Crippen LogP) is -0.222. The molecule has 1 aliphatic heterocycles. The Balaban J connectivity index is 2.02. The number of aliphatic hydroxyl groups is 1. The minimum absolute atomic E-state index is 0.0265. The number of aromatic nitrogens is 1. The lowest BCUT2D eigenvalue weighted by atomic mass is 10.2. The van der Waals surface area contributed by atoms with Gasteiger partial charge in [-0.1, -0.05) is 11.8 Å². The van der Waals surface area contributed by atoms with Crippen LogP contribution in [0.5, 0.6) is 0 Å². The van der Waals surface area contributed by atoms with Gasteiger partial charge in [0.25, 0.3) is 5.91 Å². The Morgan fingerprint density at radius 2 is 2.29 bits per heavy atom. The van der Waals surface area contributed by atoms with Crippen LogP contribution in [0.4, 0.5) is 0 Å². The van der Waals surface area contributed by atoms with Crippen molar-refractivity contribution in [1.82, 2.24) is 15.2 Å². The number of rotatable bonds is 2. The highest BCUT2D eigenvalue weighted by atomic mass is 16.2. The Bertz CT molecular complexity index is 572. The van der Waals surface area contributed by atoms with Gasteiger partial charge in [-0.3, -0.25) is 9.59 Å². The summed E-state index contributed by atoms with van der Waals surface area (Å²) in [5, 5.41) is 11.4. The molecule has 1 aromatic heterocycles. The number of hydrogen-bond acceptors (Lipinski definition) is 4. The molecule has 0 aliphatic carbocycles. The van der Waals surface area contributed by atoms with Crippen LogP contribution in [0.3, 0.4) is 0 Å². The van der Waals surface area contributed by atoms with Crippen LogP contribution in [0.15, 0.2) is 18.3 Å². The van der Waals surface area contributed by atoms with E-state index in [1.807, 2.05) is 0 Å². The first-order valence-electron chi connectivity index (χ1n) is 6.82. The van der Waals surface area contributed by atoms with Crippen molar-refractivity contribution in [1.29, 1.82) is 0 Å². The smallest absolute Gasteiger partial charge is 0.272 e. The monoisotopic (exact) mass is 287 g/mol. The van der Waals surface area contributed by atoms with Crippen molar-refractivity contribution < 1.29 is 14.7 Å². The van der Waals surface area contributed by atoms with Gasteiger partial charge >= 0.3 is 0 Å². The van der Waals surface area contributed by atoms with Crippen molar-refractivity contribution in [2.75, 3.05) is 26.2 Å². The van der Waals surface area contributed by atoms with Crippen molar-refractivity contribution in [3.63, 3.8) is 0 Å². The molecule has 0 radical (unpaired) electrons. The molecule has 110 valence electrons. The molecule has 6 nitrogen and oxygen atoms in total. The van der Waals surface area contributed by atoms with Crippen LogP contribution >= 0.6 is 0 Å². The Labute approximate surface area is 123 Å². The number of carbonyl (C=O) groups excluding carboxylic acids is 2. The van der Waals surface area contributed by atoms with Crippen LogP contribution < -0.4 is 5.32 Å². The van der Waals surface area contributed by atoms with Crippen LogP contribution in [0.1, 0.15) is 28.9 Å². The first-order chi connectivity index (χ1) is 10.2. The van der Waals surface area contributed by atoms with E-state index >= 15 is 0 Å². The minimum atomic E-state index is -0.179. The number of nitrogens with one attached hydrogen (secondary N) is 1. The molecular weight excluding hydrogens is 270 g/mol. The van der Waals surface area contributed by atoms with Crippen molar-refractivity contribution in [3.05, 3.63) is 29.6 Å². The maximum absolute atomic E-state index is 12.3. The second-order valence-electron chi connectivity index (χ2n) is 4.60. The molecule has 0 aromatic carbocycles. The van der Waals surface area contributed by atoms with E-state index in [1.54, 1.807) is 23.2 Å². The predicted molar refractivity (Wildman–Crippen MR) is 76.3 cm³/mol. The van der Waals surface area contributed by atoms with Crippen LogP contribution in [0.25, 0.3) is 0 Å².